The van der Waals surface area contributed by atoms with Crippen LogP contribution in [0.1, 0.15) is 0 Å². The molecular formula is C11H11F2NO5S. The van der Waals surface area contributed by atoms with Crippen molar-refractivity contribution in [3.63, 3.8) is 0 Å². The van der Waals surface area contributed by atoms with Crippen LogP contribution in [0.4, 0.5) is 8.78 Å². The second-order valence-corrected chi connectivity index (χ2v) is 5.97. The molecule has 1 aliphatic rings. The zero-order valence-corrected chi connectivity index (χ0v) is 10.9. The average Bonchev–Trinajstić information content (AvgIpc) is 2.79. The first-order valence-electron chi connectivity index (χ1n) is 5.59. The lowest BCUT2D eigenvalue weighted by Crippen LogP contribution is -2.42. The number of ether oxygens (including phenoxy) is 1. The highest BCUT2D eigenvalue weighted by Gasteiger charge is 2.37. The number of aliphatic carboxylic acids is 1. The summed E-state index contributed by atoms with van der Waals surface area (Å²) in [7, 11) is -4.37. The van der Waals surface area contributed by atoms with Crippen LogP contribution in [0.25, 0.3) is 0 Å². The Balaban J connectivity index is 2.27. The molecule has 1 aromatic rings. The second kappa shape index (κ2) is 5.43. The van der Waals surface area contributed by atoms with E-state index in [1.165, 1.54) is 0 Å². The maximum absolute atomic E-state index is 13.5. The van der Waals surface area contributed by atoms with Gasteiger partial charge in [-0.3, -0.25) is 4.79 Å². The van der Waals surface area contributed by atoms with E-state index in [1.807, 2.05) is 4.72 Å². The summed E-state index contributed by atoms with van der Waals surface area (Å²) in [5.41, 5.74) is 0. The number of nitrogens with one attached hydrogen (secondary N) is 1. The predicted molar refractivity (Wildman–Crippen MR) is 62.4 cm³/mol. The summed E-state index contributed by atoms with van der Waals surface area (Å²) in [6.07, 6.45) is 0. The van der Waals surface area contributed by atoms with Gasteiger partial charge in [0.25, 0.3) is 0 Å². The summed E-state index contributed by atoms with van der Waals surface area (Å²) in [5, 5.41) is 8.90. The third kappa shape index (κ3) is 2.94. The van der Waals surface area contributed by atoms with E-state index in [0.717, 1.165) is 6.07 Å². The van der Waals surface area contributed by atoms with E-state index in [0.29, 0.717) is 12.1 Å². The molecule has 0 amide bonds. The van der Waals surface area contributed by atoms with E-state index in [9.17, 15) is 22.0 Å². The standard InChI is InChI=1S/C11H11F2NO5S/c12-6-1-2-8(13)10(3-6)20(17,18)14-9-5-19-4-7(9)11(15)16/h1-3,7,9,14H,4-5H2,(H,15,16). The van der Waals surface area contributed by atoms with Gasteiger partial charge in [0.15, 0.2) is 0 Å². The minimum Gasteiger partial charge on any atom is -0.481 e. The van der Waals surface area contributed by atoms with Gasteiger partial charge in [0.1, 0.15) is 16.5 Å². The Labute approximate surface area is 113 Å². The highest BCUT2D eigenvalue weighted by atomic mass is 32.2. The molecular weight excluding hydrogens is 296 g/mol. The maximum atomic E-state index is 13.5. The fourth-order valence-electron chi connectivity index (χ4n) is 1.86. The largest absolute Gasteiger partial charge is 0.481 e. The minimum atomic E-state index is -4.37. The van der Waals surface area contributed by atoms with Gasteiger partial charge in [-0.25, -0.2) is 21.9 Å². The summed E-state index contributed by atoms with van der Waals surface area (Å²) >= 11 is 0. The van der Waals surface area contributed by atoms with Crippen molar-refractivity contribution in [2.24, 2.45) is 5.92 Å². The third-order valence-electron chi connectivity index (χ3n) is 2.89. The Hall–Kier alpha value is -1.58. The van der Waals surface area contributed by atoms with Crippen LogP contribution in [0.2, 0.25) is 0 Å². The lowest BCUT2D eigenvalue weighted by atomic mass is 10.1. The molecule has 0 saturated carbocycles. The highest BCUT2D eigenvalue weighted by molar-refractivity contribution is 7.89. The van der Waals surface area contributed by atoms with E-state index in [-0.39, 0.29) is 13.2 Å². The minimum absolute atomic E-state index is 0.145. The molecule has 1 aromatic carbocycles. The Morgan fingerprint density at radius 1 is 1.35 bits per heavy atom. The van der Waals surface area contributed by atoms with Gasteiger partial charge in [0.2, 0.25) is 10.0 Å². The molecule has 0 aromatic heterocycles. The van der Waals surface area contributed by atoms with Gasteiger partial charge in [-0.1, -0.05) is 0 Å². The number of benzene rings is 1. The van der Waals surface area contributed by atoms with Crippen LogP contribution in [0, 0.1) is 17.6 Å². The lowest BCUT2D eigenvalue weighted by molar-refractivity contribution is -0.142. The van der Waals surface area contributed by atoms with E-state index in [2.05, 4.69) is 0 Å². The Morgan fingerprint density at radius 3 is 2.70 bits per heavy atom. The lowest BCUT2D eigenvalue weighted by Gasteiger charge is -2.16. The van der Waals surface area contributed by atoms with Crippen LogP contribution in [-0.4, -0.2) is 38.7 Å². The molecule has 1 aliphatic heterocycles. The Kier molecular flexibility index (Phi) is 4.02. The second-order valence-electron chi connectivity index (χ2n) is 4.28. The Bertz CT molecular complexity index is 634. The smallest absolute Gasteiger partial charge is 0.310 e. The summed E-state index contributed by atoms with van der Waals surface area (Å²) in [6, 6.07) is 0.972. The fraction of sp³-hybridized carbons (Fsp3) is 0.364. The highest BCUT2D eigenvalue weighted by Crippen LogP contribution is 2.20. The number of sulfonamides is 1. The van der Waals surface area contributed by atoms with Crippen molar-refractivity contribution < 1.29 is 31.8 Å². The van der Waals surface area contributed by atoms with Crippen molar-refractivity contribution in [3.05, 3.63) is 29.8 Å². The van der Waals surface area contributed by atoms with Crippen molar-refractivity contribution in [1.82, 2.24) is 4.72 Å². The number of halogens is 2. The van der Waals surface area contributed by atoms with Gasteiger partial charge >= 0.3 is 5.97 Å². The van der Waals surface area contributed by atoms with Crippen molar-refractivity contribution in [3.8, 4) is 0 Å². The first-order valence-corrected chi connectivity index (χ1v) is 7.07. The molecule has 2 atom stereocenters. The first-order chi connectivity index (χ1) is 9.31. The summed E-state index contributed by atoms with van der Waals surface area (Å²) < 4.78 is 57.3. The summed E-state index contributed by atoms with van der Waals surface area (Å²) in [4.78, 5) is 10.0. The van der Waals surface area contributed by atoms with Gasteiger partial charge in [-0.05, 0) is 18.2 Å². The van der Waals surface area contributed by atoms with Gasteiger partial charge in [0, 0.05) is 0 Å². The number of carboxylic acids is 1. The quantitative estimate of drug-likeness (QED) is 0.837. The van der Waals surface area contributed by atoms with Gasteiger partial charge < -0.3 is 9.84 Å². The predicted octanol–water partition coefficient (Wildman–Crippen LogP) is 0.343. The molecule has 0 radical (unpaired) electrons. The van der Waals surface area contributed by atoms with E-state index < -0.39 is 44.5 Å². The van der Waals surface area contributed by atoms with Crippen LogP contribution in [0.15, 0.2) is 23.1 Å². The van der Waals surface area contributed by atoms with Crippen LogP contribution < -0.4 is 4.72 Å². The molecule has 20 heavy (non-hydrogen) atoms. The molecule has 1 fully saturated rings. The van der Waals surface area contributed by atoms with Crippen molar-refractivity contribution in [2.45, 2.75) is 10.9 Å². The van der Waals surface area contributed by atoms with Crippen molar-refractivity contribution >= 4 is 16.0 Å². The summed E-state index contributed by atoms with van der Waals surface area (Å²) in [6.45, 7) is -0.290. The average molecular weight is 307 g/mol. The molecule has 2 N–H and O–H groups in total. The van der Waals surface area contributed by atoms with E-state index >= 15 is 0 Å². The molecule has 2 unspecified atom stereocenters. The molecule has 9 heteroatoms. The summed E-state index contributed by atoms with van der Waals surface area (Å²) in [5.74, 6) is -4.33. The van der Waals surface area contributed by atoms with E-state index in [1.54, 1.807) is 0 Å². The topological polar surface area (TPSA) is 92.7 Å². The van der Waals surface area contributed by atoms with Crippen LogP contribution in [0.5, 0.6) is 0 Å². The number of rotatable bonds is 4. The van der Waals surface area contributed by atoms with E-state index in [4.69, 9.17) is 9.84 Å². The molecule has 0 spiro atoms. The van der Waals surface area contributed by atoms with Crippen LogP contribution in [-0.2, 0) is 19.6 Å². The number of hydrogen-bond acceptors (Lipinski definition) is 4. The molecule has 2 rings (SSSR count). The monoisotopic (exact) mass is 307 g/mol. The molecule has 0 bridgehead atoms. The molecule has 0 aliphatic carbocycles. The molecule has 6 nitrogen and oxygen atoms in total. The zero-order chi connectivity index (χ0) is 14.9. The van der Waals surface area contributed by atoms with Gasteiger partial charge in [-0.15, -0.1) is 0 Å². The van der Waals surface area contributed by atoms with Crippen LogP contribution in [0.3, 0.4) is 0 Å². The first kappa shape index (κ1) is 14.8. The SMILES string of the molecule is O=C(O)C1COCC1NS(=O)(=O)c1cc(F)ccc1F. The number of carbonyl (C=O) groups is 1. The number of carboxylic acid groups (broad SMARTS) is 1. The molecule has 1 heterocycles. The Morgan fingerprint density at radius 2 is 2.05 bits per heavy atom. The number of hydrogen-bond donors (Lipinski definition) is 2. The van der Waals surface area contributed by atoms with Gasteiger partial charge in [-0.2, -0.15) is 0 Å². The zero-order valence-electron chi connectivity index (χ0n) is 10.0. The molecule has 1 saturated heterocycles. The van der Waals surface area contributed by atoms with Crippen molar-refractivity contribution in [1.29, 1.82) is 0 Å². The maximum Gasteiger partial charge on any atom is 0.310 e. The fourth-order valence-corrected chi connectivity index (χ4v) is 3.21. The third-order valence-corrected chi connectivity index (χ3v) is 4.39. The van der Waals surface area contributed by atoms with Gasteiger partial charge in [0.05, 0.1) is 25.2 Å². The van der Waals surface area contributed by atoms with Crippen molar-refractivity contribution in [2.75, 3.05) is 13.2 Å². The van der Waals surface area contributed by atoms with Crippen LogP contribution >= 0.6 is 0 Å². The molecule has 110 valence electrons. The normalized spacial score (nSPS) is 22.9.